The zero-order chi connectivity index (χ0) is 12.3. The lowest BCUT2D eigenvalue weighted by atomic mass is 10.3. The number of esters is 1. The van der Waals surface area contributed by atoms with Gasteiger partial charge in [-0.2, -0.15) is 4.98 Å². The molecule has 0 saturated heterocycles. The van der Waals surface area contributed by atoms with Gasteiger partial charge in [0.1, 0.15) is 5.75 Å². The number of hydrogen-bond donors (Lipinski definition) is 0. The van der Waals surface area contributed by atoms with E-state index in [1.54, 1.807) is 0 Å². The lowest BCUT2D eigenvalue weighted by molar-refractivity contribution is 0.0593. The summed E-state index contributed by atoms with van der Waals surface area (Å²) in [6, 6.07) is 9.30. The molecular formula is C12H11NO3S. The third-order valence-corrected chi connectivity index (χ3v) is 2.95. The van der Waals surface area contributed by atoms with Crippen molar-refractivity contribution in [2.45, 2.75) is 6.92 Å². The highest BCUT2D eigenvalue weighted by molar-refractivity contribution is 7.13. The molecule has 0 saturated carbocycles. The first-order chi connectivity index (χ1) is 8.20. The van der Waals surface area contributed by atoms with E-state index >= 15 is 0 Å². The normalized spacial score (nSPS) is 10.0. The maximum absolute atomic E-state index is 11.4. The molecule has 0 aliphatic carbocycles. The van der Waals surface area contributed by atoms with Crippen LogP contribution in [0.1, 0.15) is 15.4 Å². The Morgan fingerprint density at radius 2 is 2.00 bits per heavy atom. The number of carbonyl (C=O) groups excluding carboxylic acids is 1. The average Bonchev–Trinajstić information content (AvgIpc) is 2.70. The van der Waals surface area contributed by atoms with Crippen molar-refractivity contribution in [3.63, 3.8) is 0 Å². The Morgan fingerprint density at radius 3 is 2.65 bits per heavy atom. The van der Waals surface area contributed by atoms with E-state index in [0.717, 1.165) is 4.88 Å². The third kappa shape index (κ3) is 2.62. The van der Waals surface area contributed by atoms with Gasteiger partial charge in [0.25, 0.3) is 5.19 Å². The van der Waals surface area contributed by atoms with Crippen LogP contribution in [0.25, 0.3) is 0 Å². The van der Waals surface area contributed by atoms with E-state index in [1.807, 2.05) is 37.3 Å². The summed E-state index contributed by atoms with van der Waals surface area (Å²) in [5.74, 6) is 0.249. The summed E-state index contributed by atoms with van der Waals surface area (Å²) in [7, 11) is 1.33. The molecule has 0 aliphatic heterocycles. The predicted molar refractivity (Wildman–Crippen MR) is 64.7 cm³/mol. The van der Waals surface area contributed by atoms with E-state index in [-0.39, 0.29) is 0 Å². The highest BCUT2D eigenvalue weighted by Crippen LogP contribution is 2.28. The highest BCUT2D eigenvalue weighted by atomic mass is 32.1. The fourth-order valence-electron chi connectivity index (χ4n) is 1.29. The van der Waals surface area contributed by atoms with Gasteiger partial charge in [0.15, 0.2) is 5.69 Å². The van der Waals surface area contributed by atoms with E-state index < -0.39 is 5.97 Å². The lowest BCUT2D eigenvalue weighted by Gasteiger charge is -1.99. The molecule has 0 amide bonds. The van der Waals surface area contributed by atoms with Crippen molar-refractivity contribution in [3.05, 3.63) is 40.9 Å². The molecule has 2 aromatic rings. The van der Waals surface area contributed by atoms with Crippen molar-refractivity contribution in [2.75, 3.05) is 7.11 Å². The van der Waals surface area contributed by atoms with Crippen molar-refractivity contribution in [1.29, 1.82) is 0 Å². The zero-order valence-corrected chi connectivity index (χ0v) is 10.3. The number of para-hydroxylation sites is 1. The number of ether oxygens (including phenoxy) is 2. The van der Waals surface area contributed by atoms with Crippen LogP contribution in [0, 0.1) is 6.92 Å². The minimum Gasteiger partial charge on any atom is -0.464 e. The van der Waals surface area contributed by atoms with Crippen LogP contribution in [0.5, 0.6) is 10.9 Å². The van der Waals surface area contributed by atoms with Gasteiger partial charge in [-0.15, -0.1) is 0 Å². The monoisotopic (exact) mass is 249 g/mol. The molecule has 0 unspecified atom stereocenters. The van der Waals surface area contributed by atoms with Crippen LogP contribution in [0.4, 0.5) is 0 Å². The molecule has 1 aromatic carbocycles. The number of methoxy groups -OCH3 is 1. The molecule has 88 valence electrons. The van der Waals surface area contributed by atoms with Gasteiger partial charge in [0.2, 0.25) is 0 Å². The number of carbonyl (C=O) groups is 1. The van der Waals surface area contributed by atoms with Gasteiger partial charge < -0.3 is 9.47 Å². The molecule has 0 bridgehead atoms. The van der Waals surface area contributed by atoms with Gasteiger partial charge >= 0.3 is 5.97 Å². The largest absolute Gasteiger partial charge is 0.464 e. The van der Waals surface area contributed by atoms with E-state index in [1.165, 1.54) is 18.4 Å². The van der Waals surface area contributed by atoms with Crippen LogP contribution in [-0.2, 0) is 4.74 Å². The fraction of sp³-hybridized carbons (Fsp3) is 0.167. The molecule has 0 radical (unpaired) electrons. The average molecular weight is 249 g/mol. The number of thiazole rings is 1. The maximum Gasteiger partial charge on any atom is 0.357 e. The van der Waals surface area contributed by atoms with Crippen molar-refractivity contribution in [1.82, 2.24) is 4.98 Å². The molecule has 1 aromatic heterocycles. The Balaban J connectivity index is 2.21. The topological polar surface area (TPSA) is 48.4 Å². The van der Waals surface area contributed by atoms with Crippen molar-refractivity contribution in [2.24, 2.45) is 0 Å². The van der Waals surface area contributed by atoms with Crippen molar-refractivity contribution >= 4 is 17.3 Å². The van der Waals surface area contributed by atoms with E-state index in [2.05, 4.69) is 9.72 Å². The predicted octanol–water partition coefficient (Wildman–Crippen LogP) is 3.03. The number of aryl methyl sites for hydroxylation is 1. The molecule has 17 heavy (non-hydrogen) atoms. The number of hydrogen-bond acceptors (Lipinski definition) is 5. The first kappa shape index (κ1) is 11.6. The number of rotatable bonds is 3. The molecule has 1 heterocycles. The summed E-state index contributed by atoms with van der Waals surface area (Å²) in [5.41, 5.74) is 0.309. The van der Waals surface area contributed by atoms with Gasteiger partial charge in [-0.25, -0.2) is 4.79 Å². The van der Waals surface area contributed by atoms with Gasteiger partial charge in [-0.05, 0) is 19.1 Å². The summed E-state index contributed by atoms with van der Waals surface area (Å²) < 4.78 is 10.2. The Morgan fingerprint density at radius 1 is 1.29 bits per heavy atom. The molecule has 0 aliphatic rings. The van der Waals surface area contributed by atoms with Gasteiger partial charge in [-0.1, -0.05) is 29.5 Å². The standard InChI is InChI=1S/C12H11NO3S/c1-8-10(11(14)15-2)13-12(17-8)16-9-6-4-3-5-7-9/h3-7H,1-2H3. The third-order valence-electron chi connectivity index (χ3n) is 2.10. The first-order valence-corrected chi connectivity index (χ1v) is 5.81. The van der Waals surface area contributed by atoms with Crippen molar-refractivity contribution < 1.29 is 14.3 Å². The summed E-state index contributed by atoms with van der Waals surface area (Å²) in [5, 5.41) is 0.439. The number of benzene rings is 1. The zero-order valence-electron chi connectivity index (χ0n) is 9.47. The van der Waals surface area contributed by atoms with Crippen LogP contribution in [0.3, 0.4) is 0 Å². The molecule has 4 nitrogen and oxygen atoms in total. The SMILES string of the molecule is COC(=O)c1nc(Oc2ccccc2)sc1C. The Kier molecular flexibility index (Phi) is 3.39. The second-order valence-electron chi connectivity index (χ2n) is 3.29. The molecule has 0 N–H and O–H groups in total. The molecule has 5 heteroatoms. The van der Waals surface area contributed by atoms with E-state index in [4.69, 9.17) is 4.74 Å². The molecule has 0 atom stereocenters. The van der Waals surface area contributed by atoms with Crippen LogP contribution in [0.2, 0.25) is 0 Å². The number of nitrogens with zero attached hydrogens (tertiary/aromatic N) is 1. The van der Waals surface area contributed by atoms with Crippen LogP contribution >= 0.6 is 11.3 Å². The fourth-order valence-corrected chi connectivity index (χ4v) is 2.05. The summed E-state index contributed by atoms with van der Waals surface area (Å²) in [4.78, 5) is 16.2. The van der Waals surface area contributed by atoms with Gasteiger partial charge in [0, 0.05) is 4.88 Å². The minimum atomic E-state index is -0.443. The molecular weight excluding hydrogens is 238 g/mol. The quantitative estimate of drug-likeness (QED) is 0.784. The summed E-state index contributed by atoms with van der Waals surface area (Å²) in [6.07, 6.45) is 0. The Labute approximate surface area is 103 Å². The lowest BCUT2D eigenvalue weighted by Crippen LogP contribution is -2.03. The van der Waals surface area contributed by atoms with E-state index in [9.17, 15) is 4.79 Å². The maximum atomic E-state index is 11.4. The van der Waals surface area contributed by atoms with Crippen molar-refractivity contribution in [3.8, 4) is 10.9 Å². The van der Waals surface area contributed by atoms with E-state index in [0.29, 0.717) is 16.6 Å². The smallest absolute Gasteiger partial charge is 0.357 e. The van der Waals surface area contributed by atoms with Gasteiger partial charge in [0.05, 0.1) is 7.11 Å². The molecule has 0 fully saturated rings. The van der Waals surface area contributed by atoms with Crippen LogP contribution in [-0.4, -0.2) is 18.1 Å². The van der Waals surface area contributed by atoms with Crippen LogP contribution in [0.15, 0.2) is 30.3 Å². The first-order valence-electron chi connectivity index (χ1n) is 4.99. The number of aromatic nitrogens is 1. The molecule has 2 rings (SSSR count). The highest BCUT2D eigenvalue weighted by Gasteiger charge is 2.16. The Hall–Kier alpha value is -1.88. The summed E-state index contributed by atoms with van der Waals surface area (Å²) in [6.45, 7) is 1.81. The molecule has 0 spiro atoms. The summed E-state index contributed by atoms with van der Waals surface area (Å²) >= 11 is 1.32. The Bertz CT molecular complexity index is 522. The second kappa shape index (κ2) is 4.97. The van der Waals surface area contributed by atoms with Crippen LogP contribution < -0.4 is 4.74 Å². The van der Waals surface area contributed by atoms with Gasteiger partial charge in [-0.3, -0.25) is 0 Å². The second-order valence-corrected chi connectivity index (χ2v) is 4.46. The minimum absolute atomic E-state index is 0.309.